The summed E-state index contributed by atoms with van der Waals surface area (Å²) in [6, 6.07) is 12.9. The Balaban J connectivity index is 1.84. The summed E-state index contributed by atoms with van der Waals surface area (Å²) in [4.78, 5) is 12.4. The number of halogens is 1. The molecule has 0 atom stereocenters. The van der Waals surface area contributed by atoms with Gasteiger partial charge in [-0.3, -0.25) is 4.79 Å². The molecule has 2 nitrogen and oxygen atoms in total. The van der Waals surface area contributed by atoms with Crippen LogP contribution < -0.4 is 5.73 Å². The van der Waals surface area contributed by atoms with Gasteiger partial charge in [-0.15, -0.1) is 0 Å². The number of anilines is 1. The standard InChI is InChI=1S/C17H16ClNO/c18-15-10-14(8-9-16(15)19)17(20)13-6-4-12(5-7-13)11-2-1-3-11/h4-11H,1-3,19H2. The molecule has 0 saturated heterocycles. The van der Waals surface area contributed by atoms with Crippen molar-refractivity contribution in [2.45, 2.75) is 25.2 Å². The monoisotopic (exact) mass is 285 g/mol. The van der Waals surface area contributed by atoms with Gasteiger partial charge in [0, 0.05) is 11.1 Å². The molecule has 1 aliphatic rings. The van der Waals surface area contributed by atoms with Gasteiger partial charge in [0.25, 0.3) is 0 Å². The number of nitrogen functional groups attached to an aromatic ring is 1. The minimum absolute atomic E-state index is 0.0212. The van der Waals surface area contributed by atoms with E-state index in [4.69, 9.17) is 17.3 Å². The molecule has 2 aromatic carbocycles. The Kier molecular flexibility index (Phi) is 3.49. The molecule has 0 bridgehead atoms. The van der Waals surface area contributed by atoms with Crippen molar-refractivity contribution in [1.82, 2.24) is 0 Å². The van der Waals surface area contributed by atoms with E-state index >= 15 is 0 Å². The highest BCUT2D eigenvalue weighted by atomic mass is 35.5. The summed E-state index contributed by atoms with van der Waals surface area (Å²) in [6.45, 7) is 0. The largest absolute Gasteiger partial charge is 0.398 e. The van der Waals surface area contributed by atoms with Crippen molar-refractivity contribution in [3.63, 3.8) is 0 Å². The van der Waals surface area contributed by atoms with Gasteiger partial charge in [0.15, 0.2) is 5.78 Å². The van der Waals surface area contributed by atoms with Crippen LogP contribution in [-0.4, -0.2) is 5.78 Å². The third kappa shape index (κ3) is 2.44. The summed E-state index contributed by atoms with van der Waals surface area (Å²) < 4.78 is 0. The van der Waals surface area contributed by atoms with Gasteiger partial charge in [-0.05, 0) is 42.5 Å². The van der Waals surface area contributed by atoms with Crippen molar-refractivity contribution in [2.24, 2.45) is 0 Å². The predicted octanol–water partition coefficient (Wildman–Crippen LogP) is 4.42. The molecular formula is C17H16ClNO. The summed E-state index contributed by atoms with van der Waals surface area (Å²) in [6.07, 6.45) is 3.84. The van der Waals surface area contributed by atoms with Crippen molar-refractivity contribution in [2.75, 3.05) is 5.73 Å². The average molecular weight is 286 g/mol. The van der Waals surface area contributed by atoms with Crippen LogP contribution in [0.15, 0.2) is 42.5 Å². The normalized spacial score (nSPS) is 14.8. The van der Waals surface area contributed by atoms with E-state index in [0.717, 1.165) is 0 Å². The lowest BCUT2D eigenvalue weighted by Crippen LogP contribution is -2.09. The van der Waals surface area contributed by atoms with E-state index in [0.29, 0.717) is 27.8 Å². The van der Waals surface area contributed by atoms with Crippen LogP contribution in [0, 0.1) is 0 Å². The van der Waals surface area contributed by atoms with E-state index in [-0.39, 0.29) is 5.78 Å². The van der Waals surface area contributed by atoms with Crippen molar-refractivity contribution in [3.8, 4) is 0 Å². The number of nitrogens with two attached hydrogens (primary N) is 1. The Bertz CT molecular complexity index is 645. The van der Waals surface area contributed by atoms with Gasteiger partial charge >= 0.3 is 0 Å². The van der Waals surface area contributed by atoms with Gasteiger partial charge in [0.1, 0.15) is 0 Å². The highest BCUT2D eigenvalue weighted by molar-refractivity contribution is 6.33. The third-order valence-corrected chi connectivity index (χ3v) is 4.34. The number of carbonyl (C=O) groups excluding carboxylic acids is 1. The van der Waals surface area contributed by atoms with Crippen LogP contribution in [0.1, 0.15) is 46.7 Å². The maximum atomic E-state index is 12.4. The molecule has 0 radical (unpaired) electrons. The molecule has 20 heavy (non-hydrogen) atoms. The fraction of sp³-hybridized carbons (Fsp3) is 0.235. The molecule has 0 aromatic heterocycles. The van der Waals surface area contributed by atoms with Crippen LogP contribution in [0.2, 0.25) is 5.02 Å². The first kappa shape index (κ1) is 13.2. The zero-order chi connectivity index (χ0) is 14.1. The van der Waals surface area contributed by atoms with Crippen molar-refractivity contribution < 1.29 is 4.79 Å². The number of rotatable bonds is 3. The smallest absolute Gasteiger partial charge is 0.193 e. The maximum Gasteiger partial charge on any atom is 0.193 e. The number of carbonyl (C=O) groups is 1. The molecule has 2 aromatic rings. The Hall–Kier alpha value is -1.80. The van der Waals surface area contributed by atoms with Crippen LogP contribution in [0.3, 0.4) is 0 Å². The Morgan fingerprint density at radius 3 is 2.25 bits per heavy atom. The number of ketones is 1. The fourth-order valence-electron chi connectivity index (χ4n) is 2.48. The molecule has 0 heterocycles. The summed E-state index contributed by atoms with van der Waals surface area (Å²) in [5, 5.41) is 0.418. The first-order valence-corrected chi connectivity index (χ1v) is 7.22. The summed E-state index contributed by atoms with van der Waals surface area (Å²) in [5.74, 6) is 0.664. The Morgan fingerprint density at radius 2 is 1.70 bits per heavy atom. The van der Waals surface area contributed by atoms with E-state index in [2.05, 4.69) is 12.1 Å². The molecule has 102 valence electrons. The Morgan fingerprint density at radius 1 is 1.05 bits per heavy atom. The lowest BCUT2D eigenvalue weighted by atomic mass is 9.80. The molecule has 2 N–H and O–H groups in total. The lowest BCUT2D eigenvalue weighted by molar-refractivity contribution is 0.103. The van der Waals surface area contributed by atoms with Gasteiger partial charge in [0.2, 0.25) is 0 Å². The predicted molar refractivity (Wildman–Crippen MR) is 82.3 cm³/mol. The molecule has 1 fully saturated rings. The van der Waals surface area contributed by atoms with Crippen molar-refractivity contribution >= 4 is 23.1 Å². The van der Waals surface area contributed by atoms with Crippen LogP contribution in [-0.2, 0) is 0 Å². The van der Waals surface area contributed by atoms with Crippen molar-refractivity contribution in [3.05, 3.63) is 64.2 Å². The first-order valence-electron chi connectivity index (χ1n) is 6.85. The zero-order valence-electron chi connectivity index (χ0n) is 11.1. The lowest BCUT2D eigenvalue weighted by Gasteiger charge is -2.25. The second-order valence-corrected chi connectivity index (χ2v) is 5.72. The van der Waals surface area contributed by atoms with Crippen LogP contribution in [0.25, 0.3) is 0 Å². The van der Waals surface area contributed by atoms with Gasteiger partial charge in [-0.25, -0.2) is 0 Å². The summed E-state index contributed by atoms with van der Waals surface area (Å²) >= 11 is 5.96. The van der Waals surface area contributed by atoms with E-state index in [9.17, 15) is 4.79 Å². The molecule has 3 rings (SSSR count). The van der Waals surface area contributed by atoms with Gasteiger partial charge < -0.3 is 5.73 Å². The molecule has 0 spiro atoms. The highest BCUT2D eigenvalue weighted by Gasteiger charge is 2.19. The number of hydrogen-bond acceptors (Lipinski definition) is 2. The number of benzene rings is 2. The van der Waals surface area contributed by atoms with Gasteiger partial charge in [-0.1, -0.05) is 42.3 Å². The zero-order valence-corrected chi connectivity index (χ0v) is 11.9. The second-order valence-electron chi connectivity index (χ2n) is 5.32. The molecule has 1 saturated carbocycles. The molecule has 0 unspecified atom stereocenters. The van der Waals surface area contributed by atoms with E-state index in [1.165, 1.54) is 24.8 Å². The topological polar surface area (TPSA) is 43.1 Å². The molecule has 0 amide bonds. The van der Waals surface area contributed by atoms with Crippen LogP contribution in [0.5, 0.6) is 0 Å². The number of hydrogen-bond donors (Lipinski definition) is 1. The summed E-state index contributed by atoms with van der Waals surface area (Å²) in [7, 11) is 0. The Labute approximate surface area is 123 Å². The molecular weight excluding hydrogens is 270 g/mol. The molecule has 0 aliphatic heterocycles. The van der Waals surface area contributed by atoms with E-state index < -0.39 is 0 Å². The van der Waals surface area contributed by atoms with Crippen molar-refractivity contribution in [1.29, 1.82) is 0 Å². The second kappa shape index (κ2) is 5.29. The minimum Gasteiger partial charge on any atom is -0.398 e. The maximum absolute atomic E-state index is 12.4. The highest BCUT2D eigenvalue weighted by Crippen LogP contribution is 2.36. The van der Waals surface area contributed by atoms with Gasteiger partial charge in [-0.2, -0.15) is 0 Å². The SMILES string of the molecule is Nc1ccc(C(=O)c2ccc(C3CCC3)cc2)cc1Cl. The van der Waals surface area contributed by atoms with E-state index in [1.54, 1.807) is 18.2 Å². The quantitative estimate of drug-likeness (QED) is 0.670. The average Bonchev–Trinajstić information content (AvgIpc) is 2.40. The molecule has 3 heteroatoms. The van der Waals surface area contributed by atoms with Crippen LogP contribution >= 0.6 is 11.6 Å². The van der Waals surface area contributed by atoms with E-state index in [1.807, 2.05) is 12.1 Å². The summed E-state index contributed by atoms with van der Waals surface area (Å²) in [5.41, 5.74) is 8.74. The minimum atomic E-state index is -0.0212. The van der Waals surface area contributed by atoms with Crippen LogP contribution in [0.4, 0.5) is 5.69 Å². The molecule has 1 aliphatic carbocycles. The van der Waals surface area contributed by atoms with Gasteiger partial charge in [0.05, 0.1) is 10.7 Å². The fourth-order valence-corrected chi connectivity index (χ4v) is 2.66. The third-order valence-electron chi connectivity index (χ3n) is 4.01. The first-order chi connectivity index (χ1) is 9.65.